The summed E-state index contributed by atoms with van der Waals surface area (Å²) in [5, 5.41) is 10.4. The molecule has 0 aromatic heterocycles. The Bertz CT molecular complexity index is 1030. The number of hydrogen-bond acceptors (Lipinski definition) is 4. The number of aliphatic hydroxyl groups is 1. The maximum Gasteiger partial charge on any atom is 0.262 e. The number of ether oxygens (including phenoxy) is 1. The number of halogens is 1. The molecule has 3 aromatic carbocycles. The van der Waals surface area contributed by atoms with E-state index in [0.717, 1.165) is 6.07 Å². The molecular weight excluding hydrogens is 345 g/mol. The van der Waals surface area contributed by atoms with Crippen molar-refractivity contribution in [3.63, 3.8) is 0 Å². The molecule has 25 heavy (non-hydrogen) atoms. The quantitative estimate of drug-likeness (QED) is 0.731. The Hall–Kier alpha value is -2.64. The van der Waals surface area contributed by atoms with Gasteiger partial charge in [0.25, 0.3) is 10.0 Å². The van der Waals surface area contributed by atoms with E-state index < -0.39 is 22.4 Å². The van der Waals surface area contributed by atoms with E-state index in [-0.39, 0.29) is 16.1 Å². The van der Waals surface area contributed by atoms with Crippen LogP contribution in [0.3, 0.4) is 0 Å². The first kappa shape index (κ1) is 17.2. The van der Waals surface area contributed by atoms with Crippen molar-refractivity contribution in [2.75, 3.05) is 11.8 Å². The third-order valence-corrected chi connectivity index (χ3v) is 5.27. The molecular formula is C18H16FNO4S. The van der Waals surface area contributed by atoms with Gasteiger partial charge < -0.3 is 9.84 Å². The van der Waals surface area contributed by atoms with Gasteiger partial charge in [0, 0.05) is 16.3 Å². The maximum atomic E-state index is 14.1. The Morgan fingerprint density at radius 3 is 2.44 bits per heavy atom. The van der Waals surface area contributed by atoms with Crippen molar-refractivity contribution in [2.45, 2.75) is 11.5 Å². The van der Waals surface area contributed by atoms with E-state index in [1.165, 1.54) is 25.3 Å². The van der Waals surface area contributed by atoms with E-state index in [1.54, 1.807) is 30.3 Å². The van der Waals surface area contributed by atoms with Crippen LogP contribution in [-0.2, 0) is 16.6 Å². The summed E-state index contributed by atoms with van der Waals surface area (Å²) in [5.74, 6) is -0.218. The summed E-state index contributed by atoms with van der Waals surface area (Å²) in [6, 6.07) is 13.8. The van der Waals surface area contributed by atoms with E-state index in [0.29, 0.717) is 16.5 Å². The van der Waals surface area contributed by atoms with Gasteiger partial charge in [-0.25, -0.2) is 12.8 Å². The lowest BCUT2D eigenvalue weighted by molar-refractivity contribution is 0.282. The molecule has 2 N–H and O–H groups in total. The van der Waals surface area contributed by atoms with Crippen molar-refractivity contribution in [1.82, 2.24) is 0 Å². The van der Waals surface area contributed by atoms with Crippen molar-refractivity contribution < 1.29 is 22.7 Å². The van der Waals surface area contributed by atoms with Crippen LogP contribution >= 0.6 is 0 Å². The molecule has 0 heterocycles. The first-order valence-electron chi connectivity index (χ1n) is 7.44. The lowest BCUT2D eigenvalue weighted by Crippen LogP contribution is -2.16. The van der Waals surface area contributed by atoms with Crippen molar-refractivity contribution in [3.05, 3.63) is 66.0 Å². The number of aliphatic hydroxyl groups excluding tert-OH is 1. The van der Waals surface area contributed by atoms with Crippen LogP contribution in [0.4, 0.5) is 10.1 Å². The molecule has 7 heteroatoms. The number of rotatable bonds is 5. The lowest BCUT2D eigenvalue weighted by Gasteiger charge is -2.15. The summed E-state index contributed by atoms with van der Waals surface area (Å²) in [4.78, 5) is -0.00366. The largest absolute Gasteiger partial charge is 0.496 e. The number of anilines is 1. The summed E-state index contributed by atoms with van der Waals surface area (Å²) < 4.78 is 47.2. The third-order valence-electron chi connectivity index (χ3n) is 3.86. The average Bonchev–Trinajstić information content (AvgIpc) is 2.62. The highest BCUT2D eigenvalue weighted by Crippen LogP contribution is 2.32. The highest BCUT2D eigenvalue weighted by atomic mass is 32.2. The van der Waals surface area contributed by atoms with Gasteiger partial charge in [-0.15, -0.1) is 0 Å². The number of benzene rings is 3. The molecule has 3 aromatic rings. The van der Waals surface area contributed by atoms with Crippen LogP contribution in [0.2, 0.25) is 0 Å². The van der Waals surface area contributed by atoms with E-state index in [1.807, 2.05) is 0 Å². The van der Waals surface area contributed by atoms with Gasteiger partial charge in [-0.1, -0.05) is 36.4 Å². The van der Waals surface area contributed by atoms with E-state index in [9.17, 15) is 17.9 Å². The van der Waals surface area contributed by atoms with Gasteiger partial charge in [-0.3, -0.25) is 4.72 Å². The molecule has 0 saturated heterocycles. The molecule has 0 bridgehead atoms. The van der Waals surface area contributed by atoms with Crippen LogP contribution < -0.4 is 9.46 Å². The molecule has 0 unspecified atom stereocenters. The van der Waals surface area contributed by atoms with Crippen molar-refractivity contribution in [1.29, 1.82) is 0 Å². The molecule has 5 nitrogen and oxygen atoms in total. The zero-order chi connectivity index (χ0) is 18.0. The molecule has 0 aliphatic carbocycles. The van der Waals surface area contributed by atoms with Crippen LogP contribution in [0.25, 0.3) is 10.8 Å². The second-order valence-electron chi connectivity index (χ2n) is 5.35. The summed E-state index contributed by atoms with van der Waals surface area (Å²) >= 11 is 0. The van der Waals surface area contributed by atoms with Gasteiger partial charge in [0.05, 0.1) is 24.3 Å². The van der Waals surface area contributed by atoms with Gasteiger partial charge >= 0.3 is 0 Å². The third kappa shape index (κ3) is 3.16. The summed E-state index contributed by atoms with van der Waals surface area (Å²) in [7, 11) is -2.58. The monoisotopic (exact) mass is 361 g/mol. The van der Waals surface area contributed by atoms with Crippen LogP contribution in [0.5, 0.6) is 5.75 Å². The molecule has 0 atom stereocenters. The summed E-state index contributed by atoms with van der Waals surface area (Å²) in [6.45, 7) is -0.487. The fraction of sp³-hybridized carbons (Fsp3) is 0.111. The highest BCUT2D eigenvalue weighted by Gasteiger charge is 2.22. The molecule has 0 spiro atoms. The minimum absolute atomic E-state index is 0.00366. The Labute approximate surface area is 144 Å². The van der Waals surface area contributed by atoms with Gasteiger partial charge in [0.1, 0.15) is 11.6 Å². The Balaban J connectivity index is 2.15. The predicted octanol–water partition coefficient (Wildman–Crippen LogP) is 3.28. The fourth-order valence-electron chi connectivity index (χ4n) is 2.66. The summed E-state index contributed by atoms with van der Waals surface area (Å²) in [6.07, 6.45) is 0. The minimum Gasteiger partial charge on any atom is -0.496 e. The summed E-state index contributed by atoms with van der Waals surface area (Å²) in [5.41, 5.74) is -0.105. The SMILES string of the molecule is COc1ccc(S(=O)(=O)Nc2c(F)cccc2CO)c2ccccc12. The zero-order valence-corrected chi connectivity index (χ0v) is 14.2. The molecule has 0 saturated carbocycles. The number of fused-ring (bicyclic) bond motifs is 1. The number of para-hydroxylation sites is 1. The molecule has 130 valence electrons. The number of methoxy groups -OCH3 is 1. The van der Waals surface area contributed by atoms with Gasteiger partial charge in [0.2, 0.25) is 0 Å². The smallest absolute Gasteiger partial charge is 0.262 e. The van der Waals surface area contributed by atoms with E-state index in [4.69, 9.17) is 4.74 Å². The highest BCUT2D eigenvalue weighted by molar-refractivity contribution is 7.93. The van der Waals surface area contributed by atoms with Crippen molar-refractivity contribution in [3.8, 4) is 5.75 Å². The topological polar surface area (TPSA) is 75.6 Å². The number of hydrogen-bond donors (Lipinski definition) is 2. The van der Waals surface area contributed by atoms with Crippen LogP contribution in [-0.4, -0.2) is 20.6 Å². The average molecular weight is 361 g/mol. The molecule has 3 rings (SSSR count). The first-order valence-corrected chi connectivity index (χ1v) is 8.93. The van der Waals surface area contributed by atoms with Crippen molar-refractivity contribution in [2.24, 2.45) is 0 Å². The lowest BCUT2D eigenvalue weighted by atomic mass is 10.1. The maximum absolute atomic E-state index is 14.1. The zero-order valence-electron chi connectivity index (χ0n) is 13.4. The van der Waals surface area contributed by atoms with Crippen LogP contribution in [0.15, 0.2) is 59.5 Å². The van der Waals surface area contributed by atoms with Gasteiger partial charge in [-0.2, -0.15) is 0 Å². The molecule has 0 aliphatic heterocycles. The molecule has 0 fully saturated rings. The van der Waals surface area contributed by atoms with Crippen LogP contribution in [0, 0.1) is 5.82 Å². The Kier molecular flexibility index (Phi) is 4.61. The molecule has 0 amide bonds. The number of sulfonamides is 1. The predicted molar refractivity (Wildman–Crippen MR) is 93.6 cm³/mol. The Morgan fingerprint density at radius 2 is 1.76 bits per heavy atom. The van der Waals surface area contributed by atoms with E-state index in [2.05, 4.69) is 4.72 Å². The normalized spacial score (nSPS) is 11.5. The first-order chi connectivity index (χ1) is 12.0. The second kappa shape index (κ2) is 6.70. The minimum atomic E-state index is -4.08. The van der Waals surface area contributed by atoms with Gasteiger partial charge in [0.15, 0.2) is 0 Å². The van der Waals surface area contributed by atoms with E-state index >= 15 is 0 Å². The molecule has 0 aliphatic rings. The second-order valence-corrected chi connectivity index (χ2v) is 7.00. The van der Waals surface area contributed by atoms with Gasteiger partial charge in [-0.05, 0) is 18.2 Å². The number of nitrogens with one attached hydrogen (secondary N) is 1. The Morgan fingerprint density at radius 1 is 1.04 bits per heavy atom. The van der Waals surface area contributed by atoms with Crippen LogP contribution in [0.1, 0.15) is 5.56 Å². The standard InChI is InChI=1S/C18H16FNO4S/c1-24-16-9-10-17(14-7-3-2-6-13(14)16)25(22,23)20-18-12(11-21)5-4-8-15(18)19/h2-10,20-21H,11H2,1H3. The molecule has 0 radical (unpaired) electrons. The fourth-order valence-corrected chi connectivity index (χ4v) is 3.98. The van der Waals surface area contributed by atoms with Crippen molar-refractivity contribution >= 4 is 26.5 Å².